The Hall–Kier alpha value is -2.58. The van der Waals surface area contributed by atoms with Gasteiger partial charge in [0.15, 0.2) is 0 Å². The first-order valence-electron chi connectivity index (χ1n) is 8.67. The van der Waals surface area contributed by atoms with Crippen molar-refractivity contribution >= 4 is 56.8 Å². The first kappa shape index (κ1) is 21.1. The molecule has 0 aromatic heterocycles. The molecule has 3 nitrogen and oxygen atoms in total. The van der Waals surface area contributed by atoms with E-state index >= 15 is 0 Å². The fraction of sp³-hybridized carbons (Fsp3) is 0.0435. The SMILES string of the molecule is N#C/C(=C\c1ccc(Cc2ccccc2Br)c(Cl)c1)C(=O)Nc1ccccc1Cl. The Morgan fingerprint density at radius 1 is 1.00 bits per heavy atom. The standard InChI is InChI=1S/C23H15BrCl2N2O/c24-19-6-2-1-5-16(19)13-17-10-9-15(12-21(17)26)11-18(14-27)23(29)28-22-8-4-3-7-20(22)25/h1-12H,13H2,(H,28,29)/b18-11+. The quantitative estimate of drug-likeness (QED) is 0.316. The number of benzene rings is 3. The van der Waals surface area contributed by atoms with Gasteiger partial charge in [-0.15, -0.1) is 0 Å². The minimum Gasteiger partial charge on any atom is -0.320 e. The summed E-state index contributed by atoms with van der Waals surface area (Å²) in [5, 5.41) is 13.0. The zero-order chi connectivity index (χ0) is 20.8. The van der Waals surface area contributed by atoms with Gasteiger partial charge in [-0.05, 0) is 47.0 Å². The number of carbonyl (C=O) groups is 1. The van der Waals surface area contributed by atoms with E-state index in [9.17, 15) is 10.1 Å². The van der Waals surface area contributed by atoms with Crippen LogP contribution in [-0.4, -0.2) is 5.91 Å². The number of para-hydroxylation sites is 1. The molecule has 3 aromatic rings. The van der Waals surface area contributed by atoms with Crippen LogP contribution in [0.2, 0.25) is 10.0 Å². The highest BCUT2D eigenvalue weighted by Crippen LogP contribution is 2.26. The number of hydrogen-bond donors (Lipinski definition) is 1. The number of rotatable bonds is 5. The third kappa shape index (κ3) is 5.48. The second-order valence-corrected chi connectivity index (χ2v) is 7.89. The monoisotopic (exact) mass is 484 g/mol. The maximum Gasteiger partial charge on any atom is 0.266 e. The van der Waals surface area contributed by atoms with Gasteiger partial charge in [-0.2, -0.15) is 5.26 Å². The molecule has 0 aliphatic heterocycles. The summed E-state index contributed by atoms with van der Waals surface area (Å²) in [6.07, 6.45) is 2.17. The summed E-state index contributed by atoms with van der Waals surface area (Å²) in [6, 6.07) is 22.2. The van der Waals surface area contributed by atoms with Crippen LogP contribution < -0.4 is 5.32 Å². The molecule has 0 fully saturated rings. The number of amides is 1. The van der Waals surface area contributed by atoms with Crippen LogP contribution >= 0.6 is 39.1 Å². The molecule has 6 heteroatoms. The predicted octanol–water partition coefficient (Wildman–Crippen LogP) is 6.89. The van der Waals surface area contributed by atoms with Gasteiger partial charge in [0.1, 0.15) is 11.6 Å². The minimum absolute atomic E-state index is 0.0421. The first-order chi connectivity index (χ1) is 14.0. The molecule has 0 radical (unpaired) electrons. The Morgan fingerprint density at radius 2 is 1.72 bits per heavy atom. The van der Waals surface area contributed by atoms with E-state index in [1.807, 2.05) is 42.5 Å². The smallest absolute Gasteiger partial charge is 0.266 e. The van der Waals surface area contributed by atoms with Gasteiger partial charge < -0.3 is 5.32 Å². The van der Waals surface area contributed by atoms with Gasteiger partial charge in [0.2, 0.25) is 0 Å². The van der Waals surface area contributed by atoms with Crippen LogP contribution in [0.4, 0.5) is 5.69 Å². The highest BCUT2D eigenvalue weighted by Gasteiger charge is 2.12. The van der Waals surface area contributed by atoms with E-state index in [1.165, 1.54) is 6.08 Å². The highest BCUT2D eigenvalue weighted by molar-refractivity contribution is 9.10. The van der Waals surface area contributed by atoms with Crippen molar-refractivity contribution in [1.29, 1.82) is 5.26 Å². The fourth-order valence-electron chi connectivity index (χ4n) is 2.71. The lowest BCUT2D eigenvalue weighted by atomic mass is 10.0. The summed E-state index contributed by atoms with van der Waals surface area (Å²) >= 11 is 16.0. The number of anilines is 1. The van der Waals surface area contributed by atoms with Gasteiger partial charge >= 0.3 is 0 Å². The Bertz CT molecular complexity index is 1140. The summed E-state index contributed by atoms with van der Waals surface area (Å²) in [6.45, 7) is 0. The number of carbonyl (C=O) groups excluding carboxylic acids is 1. The lowest BCUT2D eigenvalue weighted by Gasteiger charge is -2.08. The van der Waals surface area contributed by atoms with Crippen LogP contribution in [0.5, 0.6) is 0 Å². The molecule has 0 aliphatic rings. The third-order valence-corrected chi connectivity index (χ3v) is 5.67. The first-order valence-corrected chi connectivity index (χ1v) is 10.2. The molecule has 0 saturated carbocycles. The van der Waals surface area contributed by atoms with Crippen molar-refractivity contribution in [1.82, 2.24) is 0 Å². The number of nitriles is 1. The lowest BCUT2D eigenvalue weighted by Crippen LogP contribution is -2.13. The van der Waals surface area contributed by atoms with Crippen LogP contribution in [0.3, 0.4) is 0 Å². The molecule has 1 N–H and O–H groups in total. The third-order valence-electron chi connectivity index (χ3n) is 4.21. The van der Waals surface area contributed by atoms with Gasteiger partial charge in [0, 0.05) is 15.9 Å². The van der Waals surface area contributed by atoms with Crippen LogP contribution in [0.1, 0.15) is 16.7 Å². The summed E-state index contributed by atoms with van der Waals surface area (Å²) in [4.78, 5) is 12.4. The van der Waals surface area contributed by atoms with Crippen molar-refractivity contribution in [2.24, 2.45) is 0 Å². The molecule has 1 amide bonds. The predicted molar refractivity (Wildman–Crippen MR) is 122 cm³/mol. The lowest BCUT2D eigenvalue weighted by molar-refractivity contribution is -0.112. The van der Waals surface area contributed by atoms with E-state index in [2.05, 4.69) is 21.2 Å². The summed E-state index contributed by atoms with van der Waals surface area (Å²) < 4.78 is 1.02. The Labute approximate surface area is 187 Å². The molecule has 0 aliphatic carbocycles. The zero-order valence-electron chi connectivity index (χ0n) is 15.1. The zero-order valence-corrected chi connectivity index (χ0v) is 18.2. The molecule has 0 spiro atoms. The largest absolute Gasteiger partial charge is 0.320 e. The summed E-state index contributed by atoms with van der Waals surface area (Å²) in [5.74, 6) is -0.533. The van der Waals surface area contributed by atoms with Crippen molar-refractivity contribution in [2.45, 2.75) is 6.42 Å². The normalized spacial score (nSPS) is 11.0. The number of nitrogens with zero attached hydrogens (tertiary/aromatic N) is 1. The molecule has 29 heavy (non-hydrogen) atoms. The van der Waals surface area contributed by atoms with E-state index in [0.717, 1.165) is 15.6 Å². The molecule has 0 atom stereocenters. The maximum atomic E-state index is 12.4. The molecule has 0 unspecified atom stereocenters. The molecular weight excluding hydrogens is 471 g/mol. The van der Waals surface area contributed by atoms with Gasteiger partial charge in [-0.25, -0.2) is 0 Å². The van der Waals surface area contributed by atoms with Crippen molar-refractivity contribution in [3.63, 3.8) is 0 Å². The molecule has 0 saturated heterocycles. The van der Waals surface area contributed by atoms with Crippen LogP contribution in [-0.2, 0) is 11.2 Å². The number of halogens is 3. The highest BCUT2D eigenvalue weighted by atomic mass is 79.9. The molecule has 144 valence electrons. The van der Waals surface area contributed by atoms with Gasteiger partial charge in [0.25, 0.3) is 5.91 Å². The van der Waals surface area contributed by atoms with Crippen LogP contribution in [0.15, 0.2) is 76.8 Å². The van der Waals surface area contributed by atoms with Gasteiger partial charge in [-0.1, -0.05) is 81.6 Å². The van der Waals surface area contributed by atoms with Crippen molar-refractivity contribution in [2.75, 3.05) is 5.32 Å². The topological polar surface area (TPSA) is 52.9 Å². The molecule has 3 rings (SSSR count). The van der Waals surface area contributed by atoms with E-state index in [-0.39, 0.29) is 5.57 Å². The van der Waals surface area contributed by atoms with Gasteiger partial charge in [0.05, 0.1) is 10.7 Å². The molecular formula is C23H15BrCl2N2O. The average Bonchev–Trinajstić information content (AvgIpc) is 2.71. The summed E-state index contributed by atoms with van der Waals surface area (Å²) in [7, 11) is 0. The maximum absolute atomic E-state index is 12.4. The number of nitrogens with one attached hydrogen (secondary N) is 1. The second kappa shape index (κ2) is 9.76. The van der Waals surface area contributed by atoms with Crippen LogP contribution in [0.25, 0.3) is 6.08 Å². The Kier molecular flexibility index (Phi) is 7.11. The van der Waals surface area contributed by atoms with Crippen molar-refractivity contribution in [3.05, 3.63) is 104 Å². The van der Waals surface area contributed by atoms with Gasteiger partial charge in [-0.3, -0.25) is 4.79 Å². The van der Waals surface area contributed by atoms with Crippen molar-refractivity contribution < 1.29 is 4.79 Å². The van der Waals surface area contributed by atoms with Crippen molar-refractivity contribution in [3.8, 4) is 6.07 Å². The number of hydrogen-bond acceptors (Lipinski definition) is 2. The average molecular weight is 486 g/mol. The van der Waals surface area contributed by atoms with E-state index in [0.29, 0.717) is 27.7 Å². The van der Waals surface area contributed by atoms with E-state index in [4.69, 9.17) is 23.2 Å². The van der Waals surface area contributed by atoms with E-state index < -0.39 is 5.91 Å². The Morgan fingerprint density at radius 3 is 2.41 bits per heavy atom. The van der Waals surface area contributed by atoms with E-state index in [1.54, 1.807) is 30.3 Å². The molecule has 0 heterocycles. The minimum atomic E-state index is -0.533. The molecule has 3 aromatic carbocycles. The molecule has 0 bridgehead atoms. The van der Waals surface area contributed by atoms with Crippen LogP contribution in [0, 0.1) is 11.3 Å². The summed E-state index contributed by atoms with van der Waals surface area (Å²) in [5.41, 5.74) is 3.14. The second-order valence-electron chi connectivity index (χ2n) is 6.22. The fourth-order valence-corrected chi connectivity index (χ4v) is 3.57. The Balaban J connectivity index is 1.80.